The van der Waals surface area contributed by atoms with E-state index in [1.54, 1.807) is 6.07 Å². The van der Waals surface area contributed by atoms with Crippen molar-refractivity contribution in [1.29, 1.82) is 0 Å². The predicted octanol–water partition coefficient (Wildman–Crippen LogP) is 3.92. The van der Waals surface area contributed by atoms with E-state index in [9.17, 15) is 17.6 Å². The molecule has 0 bridgehead atoms. The molecule has 1 saturated heterocycles. The standard InChI is InChI=1S/C20H22ClFN2O4S/c1-2-28-19-8-7-17(13-18(19)21)29(26,27)24-11-9-14(10-12-24)20(25)23-16-5-3-15(22)4-6-16/h3-8,13-14H,2,9-12H2,1H3,(H,23,25). The molecular weight excluding hydrogens is 419 g/mol. The Morgan fingerprint density at radius 1 is 1.21 bits per heavy atom. The van der Waals surface area contributed by atoms with Gasteiger partial charge in [-0.05, 0) is 62.2 Å². The smallest absolute Gasteiger partial charge is 0.243 e. The second kappa shape index (κ2) is 9.11. The van der Waals surface area contributed by atoms with Gasteiger partial charge in [0.05, 0.1) is 16.5 Å². The lowest BCUT2D eigenvalue weighted by molar-refractivity contribution is -0.120. The van der Waals surface area contributed by atoms with Crippen molar-refractivity contribution in [1.82, 2.24) is 4.31 Å². The fourth-order valence-corrected chi connectivity index (χ4v) is 5.00. The molecule has 9 heteroatoms. The van der Waals surface area contributed by atoms with Crippen LogP contribution < -0.4 is 10.1 Å². The first kappa shape index (κ1) is 21.5. The SMILES string of the molecule is CCOc1ccc(S(=O)(=O)N2CCC(C(=O)Nc3ccc(F)cc3)CC2)cc1Cl. The molecule has 1 heterocycles. The molecule has 6 nitrogen and oxygen atoms in total. The molecule has 2 aromatic rings. The number of anilines is 1. The van der Waals surface area contributed by atoms with Gasteiger partial charge < -0.3 is 10.1 Å². The Bertz CT molecular complexity index is 974. The second-order valence-corrected chi connectivity index (χ2v) is 9.04. The Kier molecular flexibility index (Phi) is 6.77. The third kappa shape index (κ3) is 5.07. The first-order valence-electron chi connectivity index (χ1n) is 9.30. The van der Waals surface area contributed by atoms with E-state index in [1.807, 2.05) is 6.92 Å². The average molecular weight is 441 g/mol. The predicted molar refractivity (Wildman–Crippen MR) is 109 cm³/mol. The van der Waals surface area contributed by atoms with E-state index in [4.69, 9.17) is 16.3 Å². The zero-order chi connectivity index (χ0) is 21.0. The summed E-state index contributed by atoms with van der Waals surface area (Å²) in [5.41, 5.74) is 0.510. The Morgan fingerprint density at radius 2 is 1.86 bits per heavy atom. The Balaban J connectivity index is 1.62. The Labute approximate surface area is 174 Å². The Morgan fingerprint density at radius 3 is 2.45 bits per heavy atom. The molecule has 1 amide bonds. The number of halogens is 2. The van der Waals surface area contributed by atoms with E-state index in [2.05, 4.69) is 5.32 Å². The van der Waals surface area contributed by atoms with E-state index in [-0.39, 0.29) is 40.6 Å². The number of hydrogen-bond acceptors (Lipinski definition) is 4. The molecular formula is C20H22ClFN2O4S. The first-order valence-corrected chi connectivity index (χ1v) is 11.1. The molecule has 0 spiro atoms. The second-order valence-electron chi connectivity index (χ2n) is 6.70. The highest BCUT2D eigenvalue weighted by atomic mass is 35.5. The minimum Gasteiger partial charge on any atom is -0.492 e. The first-order chi connectivity index (χ1) is 13.8. The molecule has 29 heavy (non-hydrogen) atoms. The number of nitrogens with zero attached hydrogens (tertiary/aromatic N) is 1. The zero-order valence-corrected chi connectivity index (χ0v) is 17.5. The van der Waals surface area contributed by atoms with Crippen LogP contribution in [0.15, 0.2) is 47.4 Å². The minimum atomic E-state index is -3.71. The summed E-state index contributed by atoms with van der Waals surface area (Å²) in [6.07, 6.45) is 0.800. The van der Waals surface area contributed by atoms with Crippen LogP contribution in [0.2, 0.25) is 5.02 Å². The fourth-order valence-electron chi connectivity index (χ4n) is 3.20. The summed E-state index contributed by atoms with van der Waals surface area (Å²) in [7, 11) is -3.71. The van der Waals surface area contributed by atoms with Crippen molar-refractivity contribution in [3.05, 3.63) is 53.3 Å². The quantitative estimate of drug-likeness (QED) is 0.738. The molecule has 1 aliphatic rings. The summed E-state index contributed by atoms with van der Waals surface area (Å²) in [5, 5.41) is 2.98. The maximum absolute atomic E-state index is 13.0. The molecule has 0 unspecified atom stereocenters. The van der Waals surface area contributed by atoms with E-state index in [0.717, 1.165) is 0 Å². The number of rotatable bonds is 6. The fraction of sp³-hybridized carbons (Fsp3) is 0.350. The van der Waals surface area contributed by atoms with Gasteiger partial charge in [-0.15, -0.1) is 0 Å². The number of piperidine rings is 1. The number of hydrogen-bond donors (Lipinski definition) is 1. The summed E-state index contributed by atoms with van der Waals surface area (Å²) in [6, 6.07) is 9.92. The van der Waals surface area contributed by atoms with Crippen LogP contribution in [0.3, 0.4) is 0 Å². The average Bonchev–Trinajstić information content (AvgIpc) is 2.71. The Hall–Kier alpha value is -2.16. The molecule has 0 aromatic heterocycles. The van der Waals surface area contributed by atoms with Crippen LogP contribution in [-0.4, -0.2) is 38.3 Å². The molecule has 1 aliphatic heterocycles. The summed E-state index contributed by atoms with van der Waals surface area (Å²) >= 11 is 6.12. The van der Waals surface area contributed by atoms with Crippen molar-refractivity contribution in [2.45, 2.75) is 24.7 Å². The molecule has 156 valence electrons. The third-order valence-electron chi connectivity index (χ3n) is 4.78. The third-order valence-corrected chi connectivity index (χ3v) is 6.97. The number of nitrogens with one attached hydrogen (secondary N) is 1. The maximum Gasteiger partial charge on any atom is 0.243 e. The van der Waals surface area contributed by atoms with Crippen molar-refractivity contribution in [2.75, 3.05) is 25.0 Å². The van der Waals surface area contributed by atoms with Crippen LogP contribution in [0.1, 0.15) is 19.8 Å². The summed E-state index contributed by atoms with van der Waals surface area (Å²) < 4.78 is 45.5. The highest BCUT2D eigenvalue weighted by Gasteiger charge is 2.32. The molecule has 0 aliphatic carbocycles. The molecule has 3 rings (SSSR count). The molecule has 0 saturated carbocycles. The van der Waals surface area contributed by atoms with E-state index < -0.39 is 10.0 Å². The number of carbonyl (C=O) groups is 1. The van der Waals surface area contributed by atoms with Gasteiger partial charge in [0, 0.05) is 24.7 Å². The number of amides is 1. The van der Waals surface area contributed by atoms with Crippen molar-refractivity contribution >= 4 is 33.2 Å². The molecule has 0 atom stereocenters. The normalized spacial score (nSPS) is 15.8. The lowest BCUT2D eigenvalue weighted by Crippen LogP contribution is -2.41. The van der Waals surface area contributed by atoms with E-state index in [1.165, 1.54) is 40.7 Å². The van der Waals surface area contributed by atoms with Gasteiger partial charge >= 0.3 is 0 Å². The molecule has 1 N–H and O–H groups in total. The molecule has 1 fully saturated rings. The molecule has 0 radical (unpaired) electrons. The van der Waals surface area contributed by atoms with E-state index >= 15 is 0 Å². The maximum atomic E-state index is 13.0. The van der Waals surface area contributed by atoms with Gasteiger partial charge in [-0.3, -0.25) is 4.79 Å². The van der Waals surface area contributed by atoms with Crippen LogP contribution >= 0.6 is 11.6 Å². The largest absolute Gasteiger partial charge is 0.492 e. The highest BCUT2D eigenvalue weighted by molar-refractivity contribution is 7.89. The van der Waals surface area contributed by atoms with Crippen molar-refractivity contribution < 1.29 is 22.3 Å². The number of carbonyl (C=O) groups excluding carboxylic acids is 1. The van der Waals surface area contributed by atoms with Gasteiger partial charge in [-0.2, -0.15) is 4.31 Å². The van der Waals surface area contributed by atoms with Crippen LogP contribution in [-0.2, 0) is 14.8 Å². The van der Waals surface area contributed by atoms with E-state index in [0.29, 0.717) is 30.9 Å². The minimum absolute atomic E-state index is 0.0974. The van der Waals surface area contributed by atoms with Crippen molar-refractivity contribution in [3.8, 4) is 5.75 Å². The van der Waals surface area contributed by atoms with Crippen LogP contribution in [0.25, 0.3) is 0 Å². The van der Waals surface area contributed by atoms with Gasteiger partial charge in [0.1, 0.15) is 11.6 Å². The topological polar surface area (TPSA) is 75.7 Å². The number of ether oxygens (including phenoxy) is 1. The lowest BCUT2D eigenvalue weighted by atomic mass is 9.97. The van der Waals surface area contributed by atoms with Gasteiger partial charge in [0.25, 0.3) is 0 Å². The zero-order valence-electron chi connectivity index (χ0n) is 15.9. The summed E-state index contributed by atoms with van der Waals surface area (Å²) in [6.45, 7) is 2.71. The monoisotopic (exact) mass is 440 g/mol. The molecule has 2 aromatic carbocycles. The highest BCUT2D eigenvalue weighted by Crippen LogP contribution is 2.30. The van der Waals surface area contributed by atoms with Crippen LogP contribution in [0, 0.1) is 11.7 Å². The number of sulfonamides is 1. The van der Waals surface area contributed by atoms with Crippen molar-refractivity contribution in [3.63, 3.8) is 0 Å². The van der Waals surface area contributed by atoms with Crippen molar-refractivity contribution in [2.24, 2.45) is 5.92 Å². The van der Waals surface area contributed by atoms with Gasteiger partial charge in [0.15, 0.2) is 0 Å². The van der Waals surface area contributed by atoms with Crippen LogP contribution in [0.5, 0.6) is 5.75 Å². The summed E-state index contributed by atoms with van der Waals surface area (Å²) in [4.78, 5) is 12.5. The van der Waals surface area contributed by atoms with Gasteiger partial charge in [-0.25, -0.2) is 12.8 Å². The van der Waals surface area contributed by atoms with Gasteiger partial charge in [-0.1, -0.05) is 11.6 Å². The summed E-state index contributed by atoms with van der Waals surface area (Å²) in [5.74, 6) is -0.451. The van der Waals surface area contributed by atoms with Gasteiger partial charge in [0.2, 0.25) is 15.9 Å². The van der Waals surface area contributed by atoms with Crippen LogP contribution in [0.4, 0.5) is 10.1 Å². The number of benzene rings is 2. The lowest BCUT2D eigenvalue weighted by Gasteiger charge is -2.30.